The van der Waals surface area contributed by atoms with Crippen LogP contribution >= 0.6 is 21.6 Å². The molecule has 0 aliphatic carbocycles. The van der Waals surface area contributed by atoms with E-state index in [-0.39, 0.29) is 50.3 Å². The van der Waals surface area contributed by atoms with E-state index in [1.54, 1.807) is 44.2 Å². The van der Waals surface area contributed by atoms with E-state index in [9.17, 15) is 52.7 Å². The van der Waals surface area contributed by atoms with E-state index in [2.05, 4.69) is 37.2 Å². The Kier molecular flexibility index (Phi) is 23.5. The predicted molar refractivity (Wildman–Crippen MR) is 252 cm³/mol. The van der Waals surface area contributed by atoms with E-state index in [0.717, 1.165) is 21.6 Å². The quantitative estimate of drug-likeness (QED) is 0.0616. The summed E-state index contributed by atoms with van der Waals surface area (Å²) in [7, 11) is 2.08. The normalized spacial score (nSPS) is 24.4. The molecule has 2 aliphatic rings. The van der Waals surface area contributed by atoms with Gasteiger partial charge in [0.1, 0.15) is 42.3 Å². The van der Waals surface area contributed by atoms with Crippen LogP contribution in [0.5, 0.6) is 0 Å². The number of hydrogen-bond donors (Lipinski definition) is 12. The Hall–Kier alpha value is -5.99. The second-order valence-electron chi connectivity index (χ2n) is 16.5. The summed E-state index contributed by atoms with van der Waals surface area (Å²) in [6.07, 6.45) is -0.293. The lowest BCUT2D eigenvalue weighted by molar-refractivity contribution is -0.142. The van der Waals surface area contributed by atoms with E-state index in [0.29, 0.717) is 24.8 Å². The Labute approximate surface area is 401 Å². The van der Waals surface area contributed by atoms with Crippen molar-refractivity contribution in [2.45, 2.75) is 120 Å². The van der Waals surface area contributed by atoms with Gasteiger partial charge >= 0.3 is 0 Å². The molecule has 17 N–H and O–H groups in total. The molecule has 2 saturated heterocycles. The Morgan fingerprint density at radius 3 is 2.06 bits per heavy atom. The number of nitrogens with zero attached hydrogens (tertiary/aromatic N) is 1. The van der Waals surface area contributed by atoms with Crippen molar-refractivity contribution in [3.8, 4) is 0 Å². The van der Waals surface area contributed by atoms with Crippen molar-refractivity contribution in [1.29, 1.82) is 0 Å². The van der Waals surface area contributed by atoms with Crippen molar-refractivity contribution in [2.75, 3.05) is 31.1 Å². The molecule has 0 saturated carbocycles. The van der Waals surface area contributed by atoms with E-state index in [1.165, 1.54) is 4.90 Å². The number of nitrogens with one attached hydrogen (secondary N) is 7. The molecule has 1 aromatic carbocycles. The van der Waals surface area contributed by atoms with Crippen molar-refractivity contribution in [2.24, 2.45) is 34.6 Å². The van der Waals surface area contributed by atoms with Crippen LogP contribution in [-0.2, 0) is 59.2 Å². The van der Waals surface area contributed by atoms with Gasteiger partial charge in [0.25, 0.3) is 0 Å². The monoisotopic (exact) mass is 991 g/mol. The zero-order valence-corrected chi connectivity index (χ0v) is 39.8. The van der Waals surface area contributed by atoms with Gasteiger partial charge in [-0.25, -0.2) is 0 Å². The predicted octanol–water partition coefficient (Wildman–Crippen LogP) is -4.62. The van der Waals surface area contributed by atoms with Gasteiger partial charge in [-0.3, -0.25) is 52.7 Å². The first kappa shape index (κ1) is 56.3. The maximum absolute atomic E-state index is 14.5. The third kappa shape index (κ3) is 18.2. The molecule has 1 aromatic rings. The van der Waals surface area contributed by atoms with Crippen LogP contribution in [0.1, 0.15) is 70.8 Å². The van der Waals surface area contributed by atoms with Crippen molar-refractivity contribution < 1.29 is 52.7 Å². The molecule has 0 unspecified atom stereocenters. The molecule has 11 amide bonds. The summed E-state index contributed by atoms with van der Waals surface area (Å²) in [5, 5.41) is 17.9. The number of amides is 11. The van der Waals surface area contributed by atoms with Crippen LogP contribution in [0.2, 0.25) is 0 Å². The Bertz CT molecular complexity index is 1980. The first-order valence-corrected chi connectivity index (χ1v) is 24.7. The Morgan fingerprint density at radius 2 is 1.43 bits per heavy atom. The van der Waals surface area contributed by atoms with E-state index in [1.807, 2.05) is 0 Å². The number of carbonyl (C=O) groups excluding carboxylic acids is 11. The number of primary amides is 3. The average Bonchev–Trinajstić information content (AvgIpc) is 3.80. The summed E-state index contributed by atoms with van der Waals surface area (Å²) in [5.74, 6) is -10.1. The fraction of sp³-hybridized carbons (Fsp3) is 0.595. The van der Waals surface area contributed by atoms with E-state index in [4.69, 9.17) is 28.7 Å². The lowest BCUT2D eigenvalue weighted by Gasteiger charge is -2.31. The molecule has 0 spiro atoms. The highest BCUT2D eigenvalue weighted by molar-refractivity contribution is 8.76. The highest BCUT2D eigenvalue weighted by Gasteiger charge is 2.41. The topological polar surface area (TPSA) is 405 Å². The lowest BCUT2D eigenvalue weighted by Crippen LogP contribution is -2.61. The van der Waals surface area contributed by atoms with Gasteiger partial charge in [-0.1, -0.05) is 72.2 Å². The zero-order chi connectivity index (χ0) is 50.5. The fourth-order valence-corrected chi connectivity index (χ4v) is 9.49. The van der Waals surface area contributed by atoms with Gasteiger partial charge in [-0.05, 0) is 50.1 Å². The van der Waals surface area contributed by atoms with Crippen LogP contribution in [0.15, 0.2) is 30.3 Å². The van der Waals surface area contributed by atoms with Crippen LogP contribution in [0.25, 0.3) is 0 Å². The molecule has 2 aliphatic heterocycles. The summed E-state index contributed by atoms with van der Waals surface area (Å²) < 4.78 is 0. The Morgan fingerprint density at radius 1 is 0.794 bits per heavy atom. The van der Waals surface area contributed by atoms with Crippen LogP contribution in [0, 0.1) is 5.92 Å². The smallest absolute Gasteiger partial charge is 0.246 e. The largest absolute Gasteiger partial charge is 0.370 e. The minimum absolute atomic E-state index is 0.00260. The molecule has 24 nitrogen and oxygen atoms in total. The summed E-state index contributed by atoms with van der Waals surface area (Å²) >= 11 is 0. The second kappa shape index (κ2) is 28.4. The zero-order valence-electron chi connectivity index (χ0n) is 38.1. The number of nitrogens with two attached hydrogens (primary N) is 5. The van der Waals surface area contributed by atoms with Crippen molar-refractivity contribution in [3.05, 3.63) is 35.9 Å². The molecule has 3 rings (SSSR count). The minimum Gasteiger partial charge on any atom is -0.370 e. The van der Waals surface area contributed by atoms with Crippen LogP contribution < -0.4 is 65.9 Å². The fourth-order valence-electron chi connectivity index (χ4n) is 7.21. The molecule has 2 fully saturated rings. The standard InChI is InChI=1S/C42H65N13O11S2/c1-3-22(2)34-41(65)50-26(13-14-31(45)56)37(61)52-28(18-32(46)57)38(62)53-29(21-68-67-20-24(44)35(59)51-27(39(63)54-34)17-23-9-5-4-6-10-23)42(66)55-16-8-12-30(55)40(64)49-25(11-7-15-43)36(60)48-19-33(47)58/h4-6,9-10,22,24-30,34H,3,7-8,11-21,43-44H2,1-2H3,(H2,45,56)(H2,46,57)(H2,47,58)(H,48,60)(H,49,64)(H,50,65)(H,51,59)(H,52,61)(H,53,62)(H,54,63)/t22-,24-,25+,26-,27-,28-,29-,30-,34-/m0/s1. The molecule has 26 heteroatoms. The number of hydrogen-bond acceptors (Lipinski definition) is 15. The van der Waals surface area contributed by atoms with Gasteiger partial charge in [0.2, 0.25) is 65.0 Å². The molecular formula is C42H65N13O11S2. The third-order valence-electron chi connectivity index (χ3n) is 11.2. The summed E-state index contributed by atoms with van der Waals surface area (Å²) in [4.78, 5) is 148. The number of likely N-dealkylation sites (tertiary alicyclic amines) is 1. The van der Waals surface area contributed by atoms with E-state index >= 15 is 0 Å². The average molecular weight is 992 g/mol. The molecule has 0 bridgehead atoms. The highest BCUT2D eigenvalue weighted by Crippen LogP contribution is 2.26. The third-order valence-corrected chi connectivity index (χ3v) is 13.6. The Balaban J connectivity index is 2.04. The molecule has 376 valence electrons. The molecule has 9 atom stereocenters. The van der Waals surface area contributed by atoms with Crippen molar-refractivity contribution >= 4 is 86.6 Å². The summed E-state index contributed by atoms with van der Waals surface area (Å²) in [6, 6.07) is -2.00. The number of rotatable bonds is 18. The van der Waals surface area contributed by atoms with Crippen LogP contribution in [0.4, 0.5) is 0 Å². The van der Waals surface area contributed by atoms with Gasteiger partial charge in [0, 0.05) is 30.9 Å². The van der Waals surface area contributed by atoms with E-state index < -0.39 is 139 Å². The maximum Gasteiger partial charge on any atom is 0.246 e. The molecule has 0 radical (unpaired) electrons. The first-order valence-electron chi connectivity index (χ1n) is 22.2. The molecular weight excluding hydrogens is 927 g/mol. The minimum atomic E-state index is -1.74. The molecule has 68 heavy (non-hydrogen) atoms. The second-order valence-corrected chi connectivity index (χ2v) is 19.1. The summed E-state index contributed by atoms with van der Waals surface area (Å²) in [6.45, 7) is 3.18. The highest BCUT2D eigenvalue weighted by atomic mass is 33.1. The van der Waals surface area contributed by atoms with Gasteiger partial charge < -0.3 is 70.8 Å². The van der Waals surface area contributed by atoms with Crippen LogP contribution in [0.3, 0.4) is 0 Å². The maximum atomic E-state index is 14.5. The summed E-state index contributed by atoms with van der Waals surface area (Å²) in [5.41, 5.74) is 28.7. The first-order chi connectivity index (χ1) is 32.2. The van der Waals surface area contributed by atoms with Gasteiger partial charge in [-0.2, -0.15) is 0 Å². The molecule has 0 aromatic heterocycles. The van der Waals surface area contributed by atoms with Gasteiger partial charge in [-0.15, -0.1) is 0 Å². The number of benzene rings is 1. The SMILES string of the molecule is CC[C@H](C)[C@@H]1NC(=O)[C@H](Cc2ccccc2)NC(=O)[C@@H](N)CSSC[C@@H](C(=O)N2CCC[C@H]2C(=O)N[C@H](CCCN)C(=O)NCC(N)=O)NC(=O)[C@H](CC(N)=O)NC(=O)[C@H](CCC(N)=O)NC1=O. The van der Waals surface area contributed by atoms with Gasteiger partial charge in [0.15, 0.2) is 0 Å². The molecule has 2 heterocycles. The van der Waals surface area contributed by atoms with Gasteiger partial charge in [0.05, 0.1) is 19.0 Å². The number of carbonyl (C=O) groups is 11. The van der Waals surface area contributed by atoms with Crippen molar-refractivity contribution in [1.82, 2.24) is 42.1 Å². The van der Waals surface area contributed by atoms with Crippen LogP contribution in [-0.4, -0.2) is 149 Å². The van der Waals surface area contributed by atoms with Crippen molar-refractivity contribution in [3.63, 3.8) is 0 Å². The lowest BCUT2D eigenvalue weighted by atomic mass is 9.96.